The Morgan fingerprint density at radius 2 is 1.91 bits per heavy atom. The highest BCUT2D eigenvalue weighted by atomic mass is 16.3. The molecular formula is C17H25N3O3. The lowest BCUT2D eigenvalue weighted by Crippen LogP contribution is -2.45. The summed E-state index contributed by atoms with van der Waals surface area (Å²) in [6.45, 7) is 3.66. The average molecular weight is 319 g/mol. The van der Waals surface area contributed by atoms with Crippen LogP contribution in [0, 0.1) is 5.92 Å². The highest BCUT2D eigenvalue weighted by Crippen LogP contribution is 2.20. The predicted molar refractivity (Wildman–Crippen MR) is 87.4 cm³/mol. The number of amides is 2. The van der Waals surface area contributed by atoms with Crippen molar-refractivity contribution in [2.75, 3.05) is 19.6 Å². The van der Waals surface area contributed by atoms with Crippen molar-refractivity contribution < 1.29 is 14.7 Å². The third-order valence-electron chi connectivity index (χ3n) is 4.41. The largest absolute Gasteiger partial charge is 0.383 e. The van der Waals surface area contributed by atoms with Crippen LogP contribution in [0.25, 0.3) is 0 Å². The number of aliphatic hydroxyl groups excluding tert-OH is 1. The molecule has 0 aromatic heterocycles. The number of carbonyl (C=O) groups is 2. The zero-order chi connectivity index (χ0) is 16.8. The number of primary amides is 1. The van der Waals surface area contributed by atoms with E-state index in [1.807, 2.05) is 42.2 Å². The lowest BCUT2D eigenvalue weighted by Gasteiger charge is -2.33. The molecule has 1 aliphatic heterocycles. The van der Waals surface area contributed by atoms with E-state index in [-0.39, 0.29) is 17.9 Å². The average Bonchev–Trinajstić information content (AvgIpc) is 2.55. The first-order valence-electron chi connectivity index (χ1n) is 8.01. The second kappa shape index (κ2) is 8.08. The lowest BCUT2D eigenvalue weighted by atomic mass is 9.91. The molecule has 23 heavy (non-hydrogen) atoms. The van der Waals surface area contributed by atoms with E-state index in [4.69, 9.17) is 5.73 Å². The molecule has 126 valence electrons. The van der Waals surface area contributed by atoms with Gasteiger partial charge in [-0.2, -0.15) is 0 Å². The Morgan fingerprint density at radius 3 is 2.48 bits per heavy atom. The van der Waals surface area contributed by atoms with Crippen LogP contribution in [0.4, 0.5) is 0 Å². The molecule has 1 aromatic rings. The first-order valence-corrected chi connectivity index (χ1v) is 8.01. The van der Waals surface area contributed by atoms with Crippen molar-refractivity contribution >= 4 is 11.8 Å². The number of hydrogen-bond donors (Lipinski definition) is 3. The molecule has 1 aromatic carbocycles. The van der Waals surface area contributed by atoms with E-state index in [1.165, 1.54) is 0 Å². The minimum absolute atomic E-state index is 0.0183. The minimum atomic E-state index is -1.08. The molecule has 2 rings (SSSR count). The number of nitrogens with two attached hydrogens (primary N) is 1. The Labute approximate surface area is 136 Å². The third-order valence-corrected chi connectivity index (χ3v) is 4.41. The smallest absolute Gasteiger partial charge is 0.246 e. The van der Waals surface area contributed by atoms with Gasteiger partial charge in [-0.1, -0.05) is 30.3 Å². The summed E-state index contributed by atoms with van der Waals surface area (Å²) >= 11 is 0. The van der Waals surface area contributed by atoms with Gasteiger partial charge in [-0.3, -0.25) is 14.5 Å². The Hall–Kier alpha value is -1.92. The summed E-state index contributed by atoms with van der Waals surface area (Å²) in [5.41, 5.74) is 6.20. The fourth-order valence-electron chi connectivity index (χ4n) is 2.97. The van der Waals surface area contributed by atoms with Crippen molar-refractivity contribution in [3.63, 3.8) is 0 Å². The van der Waals surface area contributed by atoms with E-state index < -0.39 is 12.0 Å². The van der Waals surface area contributed by atoms with E-state index in [0.717, 1.165) is 5.56 Å². The van der Waals surface area contributed by atoms with Crippen LogP contribution >= 0.6 is 0 Å². The number of aliphatic hydroxyl groups is 1. The van der Waals surface area contributed by atoms with Crippen molar-refractivity contribution in [3.05, 3.63) is 35.9 Å². The van der Waals surface area contributed by atoms with Gasteiger partial charge < -0.3 is 16.2 Å². The van der Waals surface area contributed by atoms with Gasteiger partial charge in [0.05, 0.1) is 12.6 Å². The highest BCUT2D eigenvalue weighted by Gasteiger charge is 2.29. The standard InChI is InChI=1S/C17H25N3O3/c1-12(13-5-3-2-4-6-13)19-15(21)11-20-9-7-14(8-10-20)16(22)17(18)23/h2-6,12,14,16,22H,7-11H2,1H3,(H2,18,23)(H,19,21)/t12-,16+/m0/s1. The van der Waals surface area contributed by atoms with E-state index in [0.29, 0.717) is 32.5 Å². The normalized spacial score (nSPS) is 19.0. The second-order valence-corrected chi connectivity index (χ2v) is 6.16. The van der Waals surface area contributed by atoms with Crippen LogP contribution in [0.5, 0.6) is 0 Å². The molecule has 6 heteroatoms. The molecule has 2 amide bonds. The van der Waals surface area contributed by atoms with Crippen molar-refractivity contribution in [1.29, 1.82) is 0 Å². The zero-order valence-electron chi connectivity index (χ0n) is 13.4. The van der Waals surface area contributed by atoms with Crippen LogP contribution in [0.2, 0.25) is 0 Å². The number of benzene rings is 1. The number of piperidine rings is 1. The summed E-state index contributed by atoms with van der Waals surface area (Å²) in [4.78, 5) is 25.2. The Kier molecular flexibility index (Phi) is 6.12. The highest BCUT2D eigenvalue weighted by molar-refractivity contribution is 5.79. The number of likely N-dealkylation sites (tertiary alicyclic amines) is 1. The fourth-order valence-corrected chi connectivity index (χ4v) is 2.97. The van der Waals surface area contributed by atoms with Gasteiger partial charge in [-0.25, -0.2) is 0 Å². The summed E-state index contributed by atoms with van der Waals surface area (Å²) in [6, 6.07) is 9.80. The van der Waals surface area contributed by atoms with E-state index in [2.05, 4.69) is 5.32 Å². The minimum Gasteiger partial charge on any atom is -0.383 e. The molecule has 0 radical (unpaired) electrons. The van der Waals surface area contributed by atoms with Gasteiger partial charge in [0.1, 0.15) is 6.10 Å². The van der Waals surface area contributed by atoms with E-state index in [1.54, 1.807) is 0 Å². The van der Waals surface area contributed by atoms with Crippen molar-refractivity contribution in [1.82, 2.24) is 10.2 Å². The summed E-state index contributed by atoms with van der Waals surface area (Å²) < 4.78 is 0. The first-order chi connectivity index (χ1) is 11.0. The van der Waals surface area contributed by atoms with Gasteiger partial charge in [0.25, 0.3) is 0 Å². The van der Waals surface area contributed by atoms with Crippen LogP contribution in [-0.2, 0) is 9.59 Å². The predicted octanol–water partition coefficient (Wildman–Crippen LogP) is 0.422. The molecule has 0 spiro atoms. The third kappa shape index (κ3) is 5.04. The molecule has 6 nitrogen and oxygen atoms in total. The first kappa shape index (κ1) is 17.4. The van der Waals surface area contributed by atoms with Gasteiger partial charge in [0, 0.05) is 0 Å². The number of nitrogens with zero attached hydrogens (tertiary/aromatic N) is 1. The molecule has 0 saturated carbocycles. The Balaban J connectivity index is 1.76. The van der Waals surface area contributed by atoms with E-state index >= 15 is 0 Å². The molecule has 4 N–H and O–H groups in total. The fraction of sp³-hybridized carbons (Fsp3) is 0.529. The van der Waals surface area contributed by atoms with E-state index in [9.17, 15) is 14.7 Å². The maximum Gasteiger partial charge on any atom is 0.246 e. The molecule has 0 aliphatic carbocycles. The SMILES string of the molecule is C[C@H](NC(=O)CN1CCC([C@@H](O)C(N)=O)CC1)c1ccccc1. The van der Waals surface area contributed by atoms with Crippen LogP contribution in [0.3, 0.4) is 0 Å². The van der Waals surface area contributed by atoms with Crippen molar-refractivity contribution in [2.24, 2.45) is 11.7 Å². The maximum absolute atomic E-state index is 12.1. The van der Waals surface area contributed by atoms with Crippen molar-refractivity contribution in [2.45, 2.75) is 31.9 Å². The zero-order valence-corrected chi connectivity index (χ0v) is 13.4. The summed E-state index contributed by atoms with van der Waals surface area (Å²) in [5, 5.41) is 12.7. The molecule has 1 aliphatic rings. The Bertz CT molecular complexity index is 527. The number of carbonyl (C=O) groups excluding carboxylic acids is 2. The molecule has 2 atom stereocenters. The molecule has 0 unspecified atom stereocenters. The number of nitrogens with one attached hydrogen (secondary N) is 1. The molecular weight excluding hydrogens is 294 g/mol. The summed E-state index contributed by atoms with van der Waals surface area (Å²) in [7, 11) is 0. The molecule has 1 saturated heterocycles. The van der Waals surface area contributed by atoms with Gasteiger partial charge >= 0.3 is 0 Å². The van der Waals surface area contributed by atoms with Gasteiger partial charge in [0.2, 0.25) is 11.8 Å². The Morgan fingerprint density at radius 1 is 1.30 bits per heavy atom. The summed E-state index contributed by atoms with van der Waals surface area (Å²) in [6.07, 6.45) is 0.265. The topological polar surface area (TPSA) is 95.7 Å². The van der Waals surface area contributed by atoms with Gasteiger partial charge in [-0.05, 0) is 44.3 Å². The quantitative estimate of drug-likeness (QED) is 0.708. The van der Waals surface area contributed by atoms with Crippen LogP contribution in [0.1, 0.15) is 31.4 Å². The second-order valence-electron chi connectivity index (χ2n) is 6.16. The van der Waals surface area contributed by atoms with Crippen molar-refractivity contribution in [3.8, 4) is 0 Å². The lowest BCUT2D eigenvalue weighted by molar-refractivity contribution is -0.130. The molecule has 1 fully saturated rings. The van der Waals surface area contributed by atoms with Crippen LogP contribution in [-0.4, -0.2) is 47.6 Å². The number of rotatable bonds is 6. The monoisotopic (exact) mass is 319 g/mol. The van der Waals surface area contributed by atoms with Crippen LogP contribution < -0.4 is 11.1 Å². The van der Waals surface area contributed by atoms with Gasteiger partial charge in [0.15, 0.2) is 0 Å². The van der Waals surface area contributed by atoms with Gasteiger partial charge in [-0.15, -0.1) is 0 Å². The van der Waals surface area contributed by atoms with Crippen LogP contribution in [0.15, 0.2) is 30.3 Å². The number of hydrogen-bond acceptors (Lipinski definition) is 4. The molecule has 0 bridgehead atoms. The summed E-state index contributed by atoms with van der Waals surface area (Å²) in [5.74, 6) is -0.789. The maximum atomic E-state index is 12.1. The molecule has 1 heterocycles.